The molecular weight excluding hydrogens is 462 g/mol. The second kappa shape index (κ2) is 9.57. The molecule has 0 amide bonds. The van der Waals surface area contributed by atoms with Crippen molar-refractivity contribution in [1.29, 1.82) is 5.41 Å². The van der Waals surface area contributed by atoms with Gasteiger partial charge in [-0.2, -0.15) is 0 Å². The first kappa shape index (κ1) is 25.1. The van der Waals surface area contributed by atoms with E-state index in [9.17, 15) is 4.79 Å². The van der Waals surface area contributed by atoms with Crippen LogP contribution in [0, 0.1) is 5.41 Å². The Balaban J connectivity index is 1.42. The molecule has 2 aromatic carbocycles. The van der Waals surface area contributed by atoms with E-state index in [1.165, 1.54) is 18.7 Å². The minimum absolute atomic E-state index is 0.0169. The van der Waals surface area contributed by atoms with Crippen molar-refractivity contribution in [3.05, 3.63) is 53.1 Å². The summed E-state index contributed by atoms with van der Waals surface area (Å²) < 4.78 is 18.1. The van der Waals surface area contributed by atoms with Crippen LogP contribution in [0.1, 0.15) is 57.7 Å². The van der Waals surface area contributed by atoms with Crippen LogP contribution in [0.4, 0.5) is 0 Å². The number of carbonyl (C=O) groups excluding carboxylic acids is 1. The summed E-state index contributed by atoms with van der Waals surface area (Å²) in [4.78, 5) is 15.6. The lowest BCUT2D eigenvalue weighted by Gasteiger charge is -2.36. The molecule has 0 spiro atoms. The summed E-state index contributed by atoms with van der Waals surface area (Å²) in [7, 11) is 0. The van der Waals surface area contributed by atoms with E-state index in [-0.39, 0.29) is 21.8 Å². The van der Waals surface area contributed by atoms with Gasteiger partial charge in [0.25, 0.3) is 0 Å². The number of thioether (sulfide) groups is 1. The maximum absolute atomic E-state index is 11.6. The molecule has 186 valence electrons. The lowest BCUT2D eigenvalue weighted by molar-refractivity contribution is -0.131. The predicted molar refractivity (Wildman–Crippen MR) is 140 cm³/mol. The molecule has 2 atom stereocenters. The van der Waals surface area contributed by atoms with Crippen LogP contribution in [0.3, 0.4) is 0 Å². The number of aryl methyl sites for hydroxylation is 1. The molecule has 2 aliphatic heterocycles. The van der Waals surface area contributed by atoms with Crippen molar-refractivity contribution in [2.45, 2.75) is 70.1 Å². The lowest BCUT2D eigenvalue weighted by Crippen LogP contribution is -2.42. The molecule has 0 aromatic heterocycles. The van der Waals surface area contributed by atoms with E-state index in [0.717, 1.165) is 47.5 Å². The summed E-state index contributed by atoms with van der Waals surface area (Å²) in [6.45, 7) is 10.2. The van der Waals surface area contributed by atoms with Gasteiger partial charge in [-0.3, -0.25) is 10.2 Å². The van der Waals surface area contributed by atoms with Crippen LogP contribution in [0.2, 0.25) is 0 Å². The zero-order valence-corrected chi connectivity index (χ0v) is 21.8. The molecule has 4 rings (SSSR count). The van der Waals surface area contributed by atoms with Crippen LogP contribution in [0.5, 0.6) is 17.2 Å². The number of benzene rings is 2. The van der Waals surface area contributed by atoms with Crippen molar-refractivity contribution in [2.24, 2.45) is 10.7 Å². The first-order valence-electron chi connectivity index (χ1n) is 11.8. The van der Waals surface area contributed by atoms with E-state index in [2.05, 4.69) is 32.7 Å². The maximum atomic E-state index is 11.6. The van der Waals surface area contributed by atoms with Crippen LogP contribution in [-0.2, 0) is 23.1 Å². The van der Waals surface area contributed by atoms with Crippen LogP contribution >= 0.6 is 11.8 Å². The molecule has 2 heterocycles. The Labute approximate surface area is 210 Å². The van der Waals surface area contributed by atoms with E-state index < -0.39 is 5.60 Å². The topological polar surface area (TPSA) is 107 Å². The number of nitrogens with two attached hydrogens (primary N) is 1. The number of nitrogens with zero attached hydrogens (tertiary/aromatic N) is 1. The minimum atomic E-state index is -0.477. The number of rotatable bonds is 6. The zero-order valence-electron chi connectivity index (χ0n) is 20.9. The Hall–Kier alpha value is -3.00. The third-order valence-corrected chi connectivity index (χ3v) is 7.21. The first-order valence-corrected chi connectivity index (χ1v) is 12.7. The van der Waals surface area contributed by atoms with Gasteiger partial charge in [0.2, 0.25) is 0 Å². The number of hydrogen-bond acceptors (Lipinski definition) is 7. The van der Waals surface area contributed by atoms with Crippen LogP contribution in [0.25, 0.3) is 0 Å². The second-order valence-electron chi connectivity index (χ2n) is 10.4. The van der Waals surface area contributed by atoms with Crippen LogP contribution < -0.4 is 19.9 Å². The van der Waals surface area contributed by atoms with E-state index in [4.69, 9.17) is 25.4 Å². The largest absolute Gasteiger partial charge is 0.489 e. The third kappa shape index (κ3) is 5.99. The Morgan fingerprint density at radius 1 is 1.29 bits per heavy atom. The molecule has 0 aliphatic carbocycles. The number of hydrogen-bond donors (Lipinski definition) is 2. The van der Waals surface area contributed by atoms with Gasteiger partial charge in [-0.25, -0.2) is 4.99 Å². The molecule has 3 N–H and O–H groups in total. The van der Waals surface area contributed by atoms with Gasteiger partial charge in [-0.15, -0.1) is 0 Å². The first-order chi connectivity index (χ1) is 16.4. The number of nitrogens with one attached hydrogen (secondary N) is 1. The summed E-state index contributed by atoms with van der Waals surface area (Å²) in [5, 5.41) is 7.94. The van der Waals surface area contributed by atoms with Crippen molar-refractivity contribution in [1.82, 2.24) is 0 Å². The fourth-order valence-electron chi connectivity index (χ4n) is 4.26. The summed E-state index contributed by atoms with van der Waals surface area (Å²) in [6, 6.07) is 11.9. The molecule has 7 nitrogen and oxygen atoms in total. The lowest BCUT2D eigenvalue weighted by atomic mass is 9.83. The number of ether oxygens (including phenoxy) is 3. The second-order valence-corrected chi connectivity index (χ2v) is 11.6. The highest BCUT2D eigenvalue weighted by Gasteiger charge is 2.34. The Bertz CT molecular complexity index is 1170. The molecule has 35 heavy (non-hydrogen) atoms. The Morgan fingerprint density at radius 3 is 2.60 bits per heavy atom. The summed E-state index contributed by atoms with van der Waals surface area (Å²) in [5.41, 5.74) is 8.33. The highest BCUT2D eigenvalue weighted by molar-refractivity contribution is 8.15. The quantitative estimate of drug-likeness (QED) is 0.430. The number of carbonyl (C=O) groups is 1. The predicted octanol–water partition coefficient (Wildman–Crippen LogP) is 5.02. The summed E-state index contributed by atoms with van der Waals surface area (Å²) in [6.07, 6.45) is 2.32. The van der Waals surface area contributed by atoms with Crippen LogP contribution in [-0.4, -0.2) is 34.4 Å². The molecule has 2 aromatic rings. The highest BCUT2D eigenvalue weighted by atomic mass is 32.2. The molecule has 0 saturated carbocycles. The molecule has 2 aliphatic rings. The number of esters is 1. The van der Waals surface area contributed by atoms with Crippen LogP contribution in [0.15, 0.2) is 41.4 Å². The highest BCUT2D eigenvalue weighted by Crippen LogP contribution is 2.42. The average Bonchev–Trinajstić information content (AvgIpc) is 3.08. The normalized spacial score (nSPS) is 21.7. The van der Waals surface area contributed by atoms with Gasteiger partial charge >= 0.3 is 5.97 Å². The molecule has 0 bridgehead atoms. The summed E-state index contributed by atoms with van der Waals surface area (Å²) >= 11 is 1.38. The zero-order chi connectivity index (χ0) is 25.4. The summed E-state index contributed by atoms with van der Waals surface area (Å²) in [5.74, 6) is 2.39. The Morgan fingerprint density at radius 2 is 2.00 bits per heavy atom. The number of aliphatic imine (C=N–C) groups is 1. The smallest absolute Gasteiger partial charge is 0.308 e. The molecule has 2 unspecified atom stereocenters. The molecule has 0 radical (unpaired) electrons. The van der Waals surface area contributed by atoms with E-state index >= 15 is 0 Å². The van der Waals surface area contributed by atoms with E-state index in [1.807, 2.05) is 36.4 Å². The fourth-order valence-corrected chi connectivity index (χ4v) is 5.14. The molecule has 0 fully saturated rings. The Kier molecular flexibility index (Phi) is 6.86. The van der Waals surface area contributed by atoms with E-state index in [0.29, 0.717) is 18.2 Å². The van der Waals surface area contributed by atoms with Gasteiger partial charge in [-0.1, -0.05) is 44.7 Å². The van der Waals surface area contributed by atoms with Crippen molar-refractivity contribution in [3.8, 4) is 17.2 Å². The van der Waals surface area contributed by atoms with Crippen molar-refractivity contribution < 1.29 is 19.0 Å². The SMILES string of the molecule is CC(=O)Oc1cc2c(cc1C(C)(C)C)OC(C)(COc1ccc(CC3SC(=N)N=C3N)cc1)CC2. The van der Waals surface area contributed by atoms with Crippen molar-refractivity contribution >= 4 is 28.7 Å². The van der Waals surface area contributed by atoms with Gasteiger partial charge in [-0.05, 0) is 67.0 Å². The van der Waals surface area contributed by atoms with Gasteiger partial charge in [0.05, 0.1) is 5.25 Å². The average molecular weight is 496 g/mol. The minimum Gasteiger partial charge on any atom is -0.489 e. The maximum Gasteiger partial charge on any atom is 0.308 e. The van der Waals surface area contributed by atoms with Crippen molar-refractivity contribution in [3.63, 3.8) is 0 Å². The third-order valence-electron chi connectivity index (χ3n) is 6.21. The van der Waals surface area contributed by atoms with Gasteiger partial charge in [0.15, 0.2) is 5.17 Å². The molecule has 0 saturated heterocycles. The van der Waals surface area contributed by atoms with E-state index in [1.54, 1.807) is 0 Å². The van der Waals surface area contributed by atoms with Gasteiger partial charge in [0, 0.05) is 12.5 Å². The number of fused-ring (bicyclic) bond motifs is 1. The molecule has 8 heteroatoms. The van der Waals surface area contributed by atoms with Gasteiger partial charge in [0.1, 0.15) is 35.3 Å². The standard InChI is InChI=1S/C27H33N3O4S/c1-16(31)33-22-13-18-10-11-27(5,34-21(18)14-20(22)26(2,3)4)15-32-19-8-6-17(7-9-19)12-23-24(28)30-25(29)35-23/h6-9,13-14,23H,10-12,15H2,1-5H3,(H3,28,29,30). The fraction of sp³-hybridized carbons (Fsp3) is 0.444. The number of amidine groups is 2. The van der Waals surface area contributed by atoms with Crippen molar-refractivity contribution in [2.75, 3.05) is 6.61 Å². The monoisotopic (exact) mass is 495 g/mol. The molecular formula is C27H33N3O4S. The van der Waals surface area contributed by atoms with Gasteiger partial charge < -0.3 is 19.9 Å².